The van der Waals surface area contributed by atoms with E-state index in [1.54, 1.807) is 10.7 Å². The van der Waals surface area contributed by atoms with Crippen LogP contribution in [0.2, 0.25) is 0 Å². The maximum atomic E-state index is 13.5. The molecule has 0 aliphatic carbocycles. The van der Waals surface area contributed by atoms with Gasteiger partial charge in [-0.25, -0.2) is 0 Å². The molecule has 0 spiro atoms. The number of aryl methyl sites for hydroxylation is 1. The number of oxime groups is 1. The molecular weight excluding hydrogens is 461 g/mol. The summed E-state index contributed by atoms with van der Waals surface area (Å²) in [4.78, 5) is 32.1. The zero-order chi connectivity index (χ0) is 26.5. The fourth-order valence-electron chi connectivity index (χ4n) is 4.28. The van der Waals surface area contributed by atoms with Crippen molar-refractivity contribution in [1.82, 2.24) is 20.4 Å². The molecule has 3 rings (SSSR count). The molecule has 1 aliphatic heterocycles. The summed E-state index contributed by atoms with van der Waals surface area (Å²) in [5, 5.41) is 33.7. The summed E-state index contributed by atoms with van der Waals surface area (Å²) in [6.07, 6.45) is 0.764. The quantitative estimate of drug-likeness (QED) is 0.350. The van der Waals surface area contributed by atoms with Gasteiger partial charge >= 0.3 is 7.12 Å². The fraction of sp³-hybridized carbons (Fsp3) is 0.520. The monoisotopic (exact) mass is 497 g/mol. The normalized spacial score (nSPS) is 18.1. The first-order valence-corrected chi connectivity index (χ1v) is 12.3. The lowest BCUT2D eigenvalue weighted by Crippen LogP contribution is -2.56. The minimum atomic E-state index is -1.71. The minimum Gasteiger partial charge on any atom is -0.426 e. The molecule has 0 fully saturated rings. The van der Waals surface area contributed by atoms with E-state index in [9.17, 15) is 19.6 Å². The second kappa shape index (κ2) is 11.7. The summed E-state index contributed by atoms with van der Waals surface area (Å²) in [5.74, 6) is -1.49. The van der Waals surface area contributed by atoms with Crippen molar-refractivity contribution >= 4 is 24.6 Å². The molecule has 0 bridgehead atoms. The Morgan fingerprint density at radius 2 is 1.89 bits per heavy atom. The first kappa shape index (κ1) is 27.4. The molecule has 2 amide bonds. The van der Waals surface area contributed by atoms with Gasteiger partial charge in [-0.2, -0.15) is 5.10 Å². The van der Waals surface area contributed by atoms with Crippen molar-refractivity contribution in [3.8, 4) is 0 Å². The predicted molar refractivity (Wildman–Crippen MR) is 137 cm³/mol. The van der Waals surface area contributed by atoms with Crippen LogP contribution in [0.25, 0.3) is 0 Å². The lowest BCUT2D eigenvalue weighted by atomic mass is 9.74. The van der Waals surface area contributed by atoms with Crippen LogP contribution >= 0.6 is 0 Å². The van der Waals surface area contributed by atoms with Gasteiger partial charge in [0.25, 0.3) is 11.8 Å². The molecule has 11 heteroatoms. The highest BCUT2D eigenvalue weighted by Gasteiger charge is 2.48. The zero-order valence-corrected chi connectivity index (χ0v) is 21.6. The molecule has 36 heavy (non-hydrogen) atoms. The van der Waals surface area contributed by atoms with Gasteiger partial charge < -0.3 is 25.5 Å². The summed E-state index contributed by atoms with van der Waals surface area (Å²) >= 11 is 0. The Labute approximate surface area is 212 Å². The highest BCUT2D eigenvalue weighted by Crippen LogP contribution is 2.29. The van der Waals surface area contributed by atoms with Gasteiger partial charge in [0.15, 0.2) is 0 Å². The second-order valence-electron chi connectivity index (χ2n) is 10.1. The third-order valence-corrected chi connectivity index (χ3v) is 6.02. The third-order valence-electron chi connectivity index (χ3n) is 6.02. The van der Waals surface area contributed by atoms with Gasteiger partial charge in [0, 0.05) is 18.9 Å². The van der Waals surface area contributed by atoms with Crippen LogP contribution in [-0.2, 0) is 16.1 Å². The largest absolute Gasteiger partial charge is 0.475 e. The molecule has 2 atom stereocenters. The SMILES string of the molecule is Cc1cc(C(=O)NCC2=NOC(Cc3ccccc3)(C(=O)N[C@@H](CC(C)C)B(O)O)C2)n(C(C)C)n1. The van der Waals surface area contributed by atoms with Gasteiger partial charge in [-0.15, -0.1) is 0 Å². The standard InChI is InChI=1S/C25H36BN5O5/c1-16(2)11-22(26(34)35)28-24(33)25(13-19-9-7-6-8-10-19)14-20(30-36-25)15-27-23(32)21-12-18(5)29-31(21)17(3)4/h6-10,12,16-17,22,34-35H,11,13-15H2,1-5H3,(H,27,32)(H,28,33)/t22-,25?/m0/s1. The summed E-state index contributed by atoms with van der Waals surface area (Å²) in [6.45, 7) is 9.70. The van der Waals surface area contributed by atoms with Gasteiger partial charge in [-0.3, -0.25) is 14.3 Å². The molecular formula is C25H36BN5O5. The summed E-state index contributed by atoms with van der Waals surface area (Å²) in [7, 11) is -1.71. The van der Waals surface area contributed by atoms with Gasteiger partial charge in [0.05, 0.1) is 23.9 Å². The predicted octanol–water partition coefficient (Wildman–Crippen LogP) is 1.80. The summed E-state index contributed by atoms with van der Waals surface area (Å²) < 4.78 is 1.67. The molecule has 1 aromatic heterocycles. The smallest absolute Gasteiger partial charge is 0.426 e. The van der Waals surface area contributed by atoms with E-state index >= 15 is 0 Å². The summed E-state index contributed by atoms with van der Waals surface area (Å²) in [6, 6.07) is 11.2. The third kappa shape index (κ3) is 6.73. The van der Waals surface area contributed by atoms with Crippen LogP contribution in [0.15, 0.2) is 41.6 Å². The van der Waals surface area contributed by atoms with Crippen molar-refractivity contribution in [1.29, 1.82) is 0 Å². The Balaban J connectivity index is 1.74. The van der Waals surface area contributed by atoms with E-state index < -0.39 is 24.6 Å². The van der Waals surface area contributed by atoms with E-state index in [0.717, 1.165) is 11.3 Å². The van der Waals surface area contributed by atoms with E-state index in [1.807, 2.05) is 65.0 Å². The Bertz CT molecular complexity index is 1090. The lowest BCUT2D eigenvalue weighted by molar-refractivity contribution is -0.144. The second-order valence-corrected chi connectivity index (χ2v) is 10.1. The summed E-state index contributed by atoms with van der Waals surface area (Å²) in [5.41, 5.74) is 1.20. The Hall–Kier alpha value is -3.18. The zero-order valence-electron chi connectivity index (χ0n) is 21.6. The molecule has 2 heterocycles. The van der Waals surface area contributed by atoms with Gasteiger partial charge in [-0.1, -0.05) is 49.3 Å². The minimum absolute atomic E-state index is 0.0227. The number of carbonyl (C=O) groups is 2. The highest BCUT2D eigenvalue weighted by molar-refractivity contribution is 6.43. The number of amides is 2. The molecule has 1 aliphatic rings. The van der Waals surface area contributed by atoms with Crippen LogP contribution in [0, 0.1) is 12.8 Å². The fourth-order valence-corrected chi connectivity index (χ4v) is 4.28. The molecule has 0 saturated carbocycles. The molecule has 1 unspecified atom stereocenters. The first-order valence-electron chi connectivity index (χ1n) is 12.3. The molecule has 10 nitrogen and oxygen atoms in total. The van der Waals surface area contributed by atoms with Crippen LogP contribution in [0.1, 0.15) is 68.3 Å². The van der Waals surface area contributed by atoms with Crippen molar-refractivity contribution in [3.05, 3.63) is 53.3 Å². The van der Waals surface area contributed by atoms with E-state index in [-0.39, 0.29) is 37.3 Å². The van der Waals surface area contributed by atoms with E-state index in [1.165, 1.54) is 0 Å². The van der Waals surface area contributed by atoms with Crippen molar-refractivity contribution in [3.63, 3.8) is 0 Å². The topological polar surface area (TPSA) is 138 Å². The number of rotatable bonds is 11. The molecule has 4 N–H and O–H groups in total. The number of nitrogens with one attached hydrogen (secondary N) is 2. The van der Waals surface area contributed by atoms with Crippen molar-refractivity contribution in [2.75, 3.05) is 6.54 Å². The number of hydrogen-bond acceptors (Lipinski definition) is 7. The van der Waals surface area contributed by atoms with E-state index in [4.69, 9.17) is 4.84 Å². The van der Waals surface area contributed by atoms with Crippen LogP contribution in [0.3, 0.4) is 0 Å². The van der Waals surface area contributed by atoms with Crippen LogP contribution in [0.5, 0.6) is 0 Å². The first-order chi connectivity index (χ1) is 17.0. The maximum absolute atomic E-state index is 13.5. The number of benzene rings is 1. The van der Waals surface area contributed by atoms with Crippen LogP contribution in [-0.4, -0.2) is 62.6 Å². The van der Waals surface area contributed by atoms with Crippen molar-refractivity contribution in [2.45, 2.75) is 71.5 Å². The lowest BCUT2D eigenvalue weighted by Gasteiger charge is -2.29. The molecule has 194 valence electrons. The van der Waals surface area contributed by atoms with Gasteiger partial charge in [-0.05, 0) is 44.7 Å². The number of carbonyl (C=O) groups excluding carboxylic acids is 2. The number of nitrogens with zero attached hydrogens (tertiary/aromatic N) is 3. The average Bonchev–Trinajstić information content (AvgIpc) is 3.42. The number of hydrogen-bond donors (Lipinski definition) is 4. The molecule has 0 radical (unpaired) electrons. The Kier molecular flexibility index (Phi) is 8.91. The van der Waals surface area contributed by atoms with Gasteiger partial charge in [0.1, 0.15) is 5.69 Å². The Morgan fingerprint density at radius 3 is 2.50 bits per heavy atom. The van der Waals surface area contributed by atoms with E-state index in [0.29, 0.717) is 17.8 Å². The van der Waals surface area contributed by atoms with Gasteiger partial charge in [0.2, 0.25) is 5.60 Å². The highest BCUT2D eigenvalue weighted by atomic mass is 16.7. The van der Waals surface area contributed by atoms with Crippen LogP contribution in [0.4, 0.5) is 0 Å². The van der Waals surface area contributed by atoms with Crippen LogP contribution < -0.4 is 10.6 Å². The molecule has 2 aromatic rings. The van der Waals surface area contributed by atoms with E-state index in [2.05, 4.69) is 20.9 Å². The molecule has 1 aromatic carbocycles. The number of aromatic nitrogens is 2. The van der Waals surface area contributed by atoms with Crippen molar-refractivity contribution < 1.29 is 24.5 Å². The maximum Gasteiger partial charge on any atom is 0.475 e. The Morgan fingerprint density at radius 1 is 1.19 bits per heavy atom. The van der Waals surface area contributed by atoms with Crippen molar-refractivity contribution in [2.24, 2.45) is 11.1 Å². The average molecular weight is 497 g/mol. The molecule has 0 saturated heterocycles.